The van der Waals surface area contributed by atoms with Crippen molar-refractivity contribution in [3.05, 3.63) is 132 Å². The van der Waals surface area contributed by atoms with Gasteiger partial charge in [0.15, 0.2) is 12.1 Å². The van der Waals surface area contributed by atoms with Crippen molar-refractivity contribution in [1.29, 1.82) is 0 Å². The molecule has 4 aromatic rings. The molecule has 1 saturated heterocycles. The number of anilines is 1. The molecule has 3 amide bonds. The fourth-order valence-corrected chi connectivity index (χ4v) is 4.36. The van der Waals surface area contributed by atoms with E-state index in [4.69, 9.17) is 4.74 Å². The number of nitrogens with one attached hydrogen (secondary N) is 2. The monoisotopic (exact) mass is 506 g/mol. The Morgan fingerprint density at radius 1 is 0.868 bits per heavy atom. The minimum atomic E-state index is -0.925. The second kappa shape index (κ2) is 11.4. The average molecular weight is 507 g/mol. The van der Waals surface area contributed by atoms with Crippen molar-refractivity contribution in [3.63, 3.8) is 0 Å². The van der Waals surface area contributed by atoms with E-state index in [-0.39, 0.29) is 24.9 Å². The number of cyclic esters (lactones) is 1. The van der Waals surface area contributed by atoms with Crippen molar-refractivity contribution < 1.29 is 19.1 Å². The molecule has 1 aliphatic rings. The molecule has 190 valence electrons. The first kappa shape index (κ1) is 24.7. The molecule has 2 unspecified atom stereocenters. The lowest BCUT2D eigenvalue weighted by Crippen LogP contribution is -2.46. The highest BCUT2D eigenvalue weighted by atomic mass is 16.6. The lowest BCUT2D eigenvalue weighted by molar-refractivity contribution is -0.126. The second-order valence-corrected chi connectivity index (χ2v) is 8.85. The van der Waals surface area contributed by atoms with Gasteiger partial charge in [-0.05, 0) is 47.5 Å². The Labute approximate surface area is 220 Å². The summed E-state index contributed by atoms with van der Waals surface area (Å²) in [6.45, 7) is 0.422. The van der Waals surface area contributed by atoms with Crippen molar-refractivity contribution in [1.82, 2.24) is 15.2 Å². The highest BCUT2D eigenvalue weighted by Crippen LogP contribution is 2.35. The first-order valence-electron chi connectivity index (χ1n) is 12.2. The molecule has 0 aliphatic carbocycles. The summed E-state index contributed by atoms with van der Waals surface area (Å²) in [5, 5.41) is 5.77. The third-order valence-corrected chi connectivity index (χ3v) is 6.23. The van der Waals surface area contributed by atoms with Crippen molar-refractivity contribution >= 4 is 23.6 Å². The largest absolute Gasteiger partial charge is 0.438 e. The van der Waals surface area contributed by atoms with Gasteiger partial charge in [-0.1, -0.05) is 66.7 Å². The van der Waals surface area contributed by atoms with E-state index in [1.807, 2.05) is 48.5 Å². The average Bonchev–Trinajstić information content (AvgIpc) is 3.29. The number of nitrogens with zero attached hydrogens (tertiary/aromatic N) is 2. The summed E-state index contributed by atoms with van der Waals surface area (Å²) >= 11 is 0. The molecular formula is C30H26N4O4. The number of ether oxygens (including phenoxy) is 1. The summed E-state index contributed by atoms with van der Waals surface area (Å²) in [5.74, 6) is -0.623. The van der Waals surface area contributed by atoms with Crippen LogP contribution in [0.1, 0.15) is 33.3 Å². The van der Waals surface area contributed by atoms with Crippen molar-refractivity contribution in [2.24, 2.45) is 0 Å². The van der Waals surface area contributed by atoms with Gasteiger partial charge in [0, 0.05) is 17.4 Å². The zero-order chi connectivity index (χ0) is 26.3. The Kier molecular flexibility index (Phi) is 7.40. The number of carbonyl (C=O) groups is 3. The van der Waals surface area contributed by atoms with E-state index >= 15 is 0 Å². The molecular weight excluding hydrogens is 480 g/mol. The molecule has 1 aromatic heterocycles. The van der Waals surface area contributed by atoms with Crippen LogP contribution in [-0.2, 0) is 22.6 Å². The van der Waals surface area contributed by atoms with E-state index in [0.717, 1.165) is 5.56 Å². The molecule has 0 spiro atoms. The van der Waals surface area contributed by atoms with E-state index < -0.39 is 18.2 Å². The van der Waals surface area contributed by atoms with Gasteiger partial charge in [-0.25, -0.2) is 4.79 Å². The summed E-state index contributed by atoms with van der Waals surface area (Å²) in [6, 6.07) is 29.8. The maximum atomic E-state index is 13.5. The molecule has 2 atom stereocenters. The van der Waals surface area contributed by atoms with Crippen LogP contribution in [-0.4, -0.2) is 33.8 Å². The van der Waals surface area contributed by atoms with Crippen molar-refractivity contribution in [2.75, 3.05) is 5.32 Å². The zero-order valence-electron chi connectivity index (χ0n) is 20.5. The number of hydrogen-bond acceptors (Lipinski definition) is 5. The lowest BCUT2D eigenvalue weighted by atomic mass is 10.00. The van der Waals surface area contributed by atoms with Gasteiger partial charge in [0.1, 0.15) is 0 Å². The quantitative estimate of drug-likeness (QED) is 0.360. The van der Waals surface area contributed by atoms with Crippen LogP contribution in [0, 0.1) is 0 Å². The van der Waals surface area contributed by atoms with E-state index in [9.17, 15) is 14.4 Å². The van der Waals surface area contributed by atoms with Crippen LogP contribution in [0.4, 0.5) is 10.5 Å². The van der Waals surface area contributed by atoms with Gasteiger partial charge in [0.2, 0.25) is 5.91 Å². The Morgan fingerprint density at radius 3 is 2.34 bits per heavy atom. The number of carbonyl (C=O) groups excluding carboxylic acids is 3. The molecule has 3 aromatic carbocycles. The third kappa shape index (κ3) is 5.70. The molecule has 8 heteroatoms. The third-order valence-electron chi connectivity index (χ3n) is 6.23. The summed E-state index contributed by atoms with van der Waals surface area (Å²) in [4.78, 5) is 44.9. The van der Waals surface area contributed by atoms with Crippen LogP contribution in [0.5, 0.6) is 0 Å². The molecule has 2 N–H and O–H groups in total. The fraction of sp³-hybridized carbons (Fsp3) is 0.133. The van der Waals surface area contributed by atoms with E-state index in [2.05, 4.69) is 15.6 Å². The number of benzene rings is 3. The Bertz CT molecular complexity index is 1410. The molecule has 8 nitrogen and oxygen atoms in total. The number of hydrogen-bond donors (Lipinski definition) is 2. The van der Waals surface area contributed by atoms with E-state index in [0.29, 0.717) is 22.5 Å². The molecule has 0 bridgehead atoms. The molecule has 1 aliphatic heterocycles. The number of aromatic nitrogens is 1. The van der Waals surface area contributed by atoms with Gasteiger partial charge in [0.25, 0.3) is 5.91 Å². The standard InChI is InChI=1S/C30H26N4O4/c35-28(22-12-5-2-6-13-22)33-24-16-9-14-23(18-24)27-26(29(36)32-19-25-15-7-8-17-31-25)34(30(37)38-27)20-21-10-3-1-4-11-21/h1-18,26-27H,19-20H2,(H,32,36)(H,33,35). The SMILES string of the molecule is O=C(Nc1cccc(C2OC(=O)N(Cc3ccccc3)C2C(=O)NCc2ccccn2)c1)c1ccccc1. The van der Waals surface area contributed by atoms with Crippen LogP contribution in [0.3, 0.4) is 0 Å². The predicted octanol–water partition coefficient (Wildman–Crippen LogP) is 4.71. The first-order valence-corrected chi connectivity index (χ1v) is 12.2. The minimum Gasteiger partial charge on any atom is -0.438 e. The van der Waals surface area contributed by atoms with Gasteiger partial charge >= 0.3 is 6.09 Å². The Balaban J connectivity index is 1.40. The van der Waals surface area contributed by atoms with Gasteiger partial charge in [0.05, 0.1) is 18.8 Å². The Morgan fingerprint density at radius 2 is 1.61 bits per heavy atom. The molecule has 1 fully saturated rings. The zero-order valence-corrected chi connectivity index (χ0v) is 20.5. The molecule has 0 saturated carbocycles. The van der Waals surface area contributed by atoms with Crippen LogP contribution in [0.15, 0.2) is 109 Å². The van der Waals surface area contributed by atoms with E-state index in [1.165, 1.54) is 4.90 Å². The summed E-state index contributed by atoms with van der Waals surface area (Å²) < 4.78 is 5.76. The molecule has 0 radical (unpaired) electrons. The predicted molar refractivity (Wildman–Crippen MR) is 142 cm³/mol. The highest BCUT2D eigenvalue weighted by molar-refractivity contribution is 6.04. The van der Waals surface area contributed by atoms with Crippen LogP contribution >= 0.6 is 0 Å². The first-order chi connectivity index (χ1) is 18.6. The maximum absolute atomic E-state index is 13.5. The minimum absolute atomic E-state index is 0.211. The van der Waals surface area contributed by atoms with Crippen LogP contribution < -0.4 is 10.6 Å². The van der Waals surface area contributed by atoms with Gasteiger partial charge in [-0.2, -0.15) is 0 Å². The summed E-state index contributed by atoms with van der Waals surface area (Å²) in [7, 11) is 0. The maximum Gasteiger partial charge on any atom is 0.411 e. The number of rotatable bonds is 8. The summed E-state index contributed by atoms with van der Waals surface area (Å²) in [5.41, 5.74) is 3.21. The van der Waals surface area contributed by atoms with Crippen LogP contribution in [0.2, 0.25) is 0 Å². The fourth-order valence-electron chi connectivity index (χ4n) is 4.36. The van der Waals surface area contributed by atoms with Crippen molar-refractivity contribution in [3.8, 4) is 0 Å². The molecule has 5 rings (SSSR count). The number of pyridine rings is 1. The van der Waals surface area contributed by atoms with Crippen LogP contribution in [0.25, 0.3) is 0 Å². The van der Waals surface area contributed by atoms with Gasteiger partial charge in [-0.15, -0.1) is 0 Å². The highest BCUT2D eigenvalue weighted by Gasteiger charge is 2.47. The van der Waals surface area contributed by atoms with Gasteiger partial charge in [-0.3, -0.25) is 19.5 Å². The van der Waals surface area contributed by atoms with Gasteiger partial charge < -0.3 is 15.4 Å². The smallest absolute Gasteiger partial charge is 0.411 e. The molecule has 2 heterocycles. The topological polar surface area (TPSA) is 101 Å². The number of amides is 3. The Hall–Kier alpha value is -4.98. The summed E-state index contributed by atoms with van der Waals surface area (Å²) in [6.07, 6.45) is 0.197. The van der Waals surface area contributed by atoms with Crippen molar-refractivity contribution in [2.45, 2.75) is 25.2 Å². The van der Waals surface area contributed by atoms with E-state index in [1.54, 1.807) is 60.8 Å². The second-order valence-electron chi connectivity index (χ2n) is 8.85. The molecule has 38 heavy (non-hydrogen) atoms. The normalized spacial score (nSPS) is 16.5. The lowest BCUT2D eigenvalue weighted by Gasteiger charge is -2.24.